The maximum atomic E-state index is 11.9. The third-order valence-corrected chi connectivity index (χ3v) is 4.13. The highest BCUT2D eigenvalue weighted by Crippen LogP contribution is 2.26. The predicted octanol–water partition coefficient (Wildman–Crippen LogP) is 4.46. The van der Waals surface area contributed by atoms with Crippen molar-refractivity contribution in [2.24, 2.45) is 0 Å². The highest BCUT2D eigenvalue weighted by molar-refractivity contribution is 6.19. The lowest BCUT2D eigenvalue weighted by molar-refractivity contribution is 0.101. The van der Waals surface area contributed by atoms with Crippen LogP contribution in [0.2, 0.25) is 0 Å². The van der Waals surface area contributed by atoms with Gasteiger partial charge in [-0.3, -0.25) is 4.79 Å². The van der Waals surface area contributed by atoms with E-state index >= 15 is 0 Å². The molecule has 130 valence electrons. The number of benzene rings is 1. The molecule has 0 saturated carbocycles. The first-order valence-electron chi connectivity index (χ1n) is 7.47. The Morgan fingerprint density at radius 3 is 1.39 bits per heavy atom. The molecule has 0 heterocycles. The van der Waals surface area contributed by atoms with Gasteiger partial charge in [0.25, 0.3) is 0 Å². The molecule has 0 aliphatic rings. The van der Waals surface area contributed by atoms with Crippen LogP contribution in [-0.4, -0.2) is 55.5 Å². The Kier molecular flexibility index (Phi) is 10.1. The highest BCUT2D eigenvalue weighted by Gasteiger charge is 2.14. The summed E-state index contributed by atoms with van der Waals surface area (Å²) in [5, 5.41) is 0. The molecule has 0 spiro atoms. The largest absolute Gasteiger partial charge is 0.369 e. The average Bonchev–Trinajstić information content (AvgIpc) is 2.54. The fourth-order valence-electron chi connectivity index (χ4n) is 2.31. The van der Waals surface area contributed by atoms with Crippen LogP contribution in [-0.2, 0) is 0 Å². The van der Waals surface area contributed by atoms with Crippen molar-refractivity contribution in [1.29, 1.82) is 0 Å². The van der Waals surface area contributed by atoms with Crippen molar-refractivity contribution in [2.45, 2.75) is 6.92 Å². The monoisotopic (exact) mass is 398 g/mol. The molecule has 1 aromatic rings. The van der Waals surface area contributed by atoms with Gasteiger partial charge in [0.05, 0.1) is 0 Å². The van der Waals surface area contributed by atoms with Crippen LogP contribution in [0, 0.1) is 0 Å². The molecule has 0 saturated heterocycles. The van der Waals surface area contributed by atoms with Gasteiger partial charge in [-0.25, -0.2) is 0 Å². The van der Waals surface area contributed by atoms with Gasteiger partial charge in [0, 0.05) is 66.6 Å². The number of ketones is 1. The summed E-state index contributed by atoms with van der Waals surface area (Å²) in [6.07, 6.45) is 0. The average molecular weight is 400 g/mol. The van der Waals surface area contributed by atoms with E-state index in [2.05, 4.69) is 9.80 Å². The van der Waals surface area contributed by atoms with Crippen LogP contribution in [0.25, 0.3) is 0 Å². The summed E-state index contributed by atoms with van der Waals surface area (Å²) in [5.41, 5.74) is 2.52. The quantitative estimate of drug-likeness (QED) is 0.405. The Morgan fingerprint density at radius 2 is 1.13 bits per heavy atom. The predicted molar refractivity (Wildman–Crippen MR) is 104 cm³/mol. The number of rotatable bonds is 11. The number of hydrogen-bond donors (Lipinski definition) is 0. The van der Waals surface area contributed by atoms with Gasteiger partial charge in [-0.1, -0.05) is 0 Å². The lowest BCUT2D eigenvalue weighted by atomic mass is 10.1. The summed E-state index contributed by atoms with van der Waals surface area (Å²) < 4.78 is 0. The smallest absolute Gasteiger partial charge is 0.159 e. The van der Waals surface area contributed by atoms with Crippen LogP contribution < -0.4 is 9.80 Å². The van der Waals surface area contributed by atoms with Gasteiger partial charge in [0.1, 0.15) is 0 Å². The number of nitrogens with zero attached hydrogens (tertiary/aromatic N) is 2. The van der Waals surface area contributed by atoms with Crippen LogP contribution >= 0.6 is 46.4 Å². The van der Waals surface area contributed by atoms with E-state index < -0.39 is 0 Å². The summed E-state index contributed by atoms with van der Waals surface area (Å²) >= 11 is 23.6. The lowest BCUT2D eigenvalue weighted by Gasteiger charge is -2.28. The maximum absolute atomic E-state index is 11.9. The molecule has 3 nitrogen and oxygen atoms in total. The fraction of sp³-hybridized carbons (Fsp3) is 0.562. The lowest BCUT2D eigenvalue weighted by Crippen LogP contribution is -2.30. The molecule has 1 rings (SSSR count). The minimum Gasteiger partial charge on any atom is -0.369 e. The topological polar surface area (TPSA) is 23.6 Å². The zero-order chi connectivity index (χ0) is 17.2. The Labute approximate surface area is 158 Å². The summed E-state index contributed by atoms with van der Waals surface area (Å²) in [6.45, 7) is 4.23. The maximum Gasteiger partial charge on any atom is 0.159 e. The number of Topliss-reactive ketones (excluding diaryl/α,β-unsaturated/α-hetero) is 1. The van der Waals surface area contributed by atoms with Crippen LogP contribution in [0.5, 0.6) is 0 Å². The third kappa shape index (κ3) is 6.58. The molecule has 1 aromatic carbocycles. The zero-order valence-corrected chi connectivity index (χ0v) is 16.2. The number of halogens is 4. The Bertz CT molecular complexity index is 453. The van der Waals surface area contributed by atoms with Gasteiger partial charge in [-0.05, 0) is 25.1 Å². The number of anilines is 2. The number of carbonyl (C=O) groups is 1. The molecular formula is C16H22Cl4N2O. The zero-order valence-electron chi connectivity index (χ0n) is 13.2. The first-order chi connectivity index (χ1) is 11.1. The summed E-state index contributed by atoms with van der Waals surface area (Å²) in [5.74, 6) is 1.97. The number of carbonyl (C=O) groups excluding carboxylic acids is 1. The first kappa shape index (κ1) is 20.7. The van der Waals surface area contributed by atoms with Crippen molar-refractivity contribution in [2.75, 3.05) is 59.5 Å². The molecule has 0 N–H and O–H groups in total. The molecule has 0 radical (unpaired) electrons. The number of alkyl halides is 4. The number of hydrogen-bond acceptors (Lipinski definition) is 3. The second kappa shape index (κ2) is 11.2. The van der Waals surface area contributed by atoms with Gasteiger partial charge in [-0.2, -0.15) is 0 Å². The second-order valence-corrected chi connectivity index (χ2v) is 6.54. The second-order valence-electron chi connectivity index (χ2n) is 5.02. The molecule has 23 heavy (non-hydrogen) atoms. The molecule has 0 bridgehead atoms. The van der Waals surface area contributed by atoms with E-state index in [1.54, 1.807) is 6.92 Å². The Balaban J connectivity index is 3.26. The van der Waals surface area contributed by atoms with Crippen molar-refractivity contribution in [3.8, 4) is 0 Å². The molecule has 0 amide bonds. The van der Waals surface area contributed by atoms with E-state index in [1.165, 1.54) is 0 Å². The van der Waals surface area contributed by atoms with Crippen molar-refractivity contribution < 1.29 is 4.79 Å². The fourth-order valence-corrected chi connectivity index (χ4v) is 3.13. The Morgan fingerprint density at radius 1 is 0.783 bits per heavy atom. The summed E-state index contributed by atoms with van der Waals surface area (Å²) in [7, 11) is 0. The first-order valence-corrected chi connectivity index (χ1v) is 9.61. The van der Waals surface area contributed by atoms with E-state index in [0.717, 1.165) is 11.4 Å². The molecule has 0 atom stereocenters. The van der Waals surface area contributed by atoms with E-state index in [0.29, 0.717) is 55.3 Å². The minimum absolute atomic E-state index is 0.0153. The van der Waals surface area contributed by atoms with Crippen molar-refractivity contribution in [3.05, 3.63) is 23.8 Å². The Hall–Kier alpha value is -0.350. The van der Waals surface area contributed by atoms with Crippen molar-refractivity contribution in [1.82, 2.24) is 0 Å². The van der Waals surface area contributed by atoms with Gasteiger partial charge in [0.2, 0.25) is 0 Å². The summed E-state index contributed by atoms with van der Waals surface area (Å²) in [6, 6.07) is 5.79. The molecule has 0 aliphatic carbocycles. The van der Waals surface area contributed by atoms with E-state index in [9.17, 15) is 4.79 Å². The molecular weight excluding hydrogens is 378 g/mol. The molecule has 0 aliphatic heterocycles. The molecule has 7 heteroatoms. The molecule has 0 unspecified atom stereocenters. The van der Waals surface area contributed by atoms with Gasteiger partial charge in [0.15, 0.2) is 5.78 Å². The van der Waals surface area contributed by atoms with Crippen LogP contribution in [0.3, 0.4) is 0 Å². The molecule has 0 fully saturated rings. The van der Waals surface area contributed by atoms with Crippen molar-refractivity contribution in [3.63, 3.8) is 0 Å². The van der Waals surface area contributed by atoms with E-state index in [-0.39, 0.29) is 5.78 Å². The van der Waals surface area contributed by atoms with E-state index in [4.69, 9.17) is 46.4 Å². The van der Waals surface area contributed by atoms with Gasteiger partial charge >= 0.3 is 0 Å². The third-order valence-electron chi connectivity index (χ3n) is 3.46. The SMILES string of the molecule is CC(=O)c1cc(N(CCCl)CCCl)cc(N(CCCl)CCCl)c1. The van der Waals surface area contributed by atoms with Crippen LogP contribution in [0.1, 0.15) is 17.3 Å². The normalized spacial score (nSPS) is 10.7. The summed E-state index contributed by atoms with van der Waals surface area (Å²) in [4.78, 5) is 16.0. The van der Waals surface area contributed by atoms with Crippen molar-refractivity contribution >= 4 is 63.6 Å². The highest BCUT2D eigenvalue weighted by atomic mass is 35.5. The minimum atomic E-state index is 0.0153. The van der Waals surface area contributed by atoms with Gasteiger partial charge < -0.3 is 9.80 Å². The molecule has 0 aromatic heterocycles. The van der Waals surface area contributed by atoms with Crippen LogP contribution in [0.4, 0.5) is 11.4 Å². The van der Waals surface area contributed by atoms with Crippen LogP contribution in [0.15, 0.2) is 18.2 Å². The van der Waals surface area contributed by atoms with Gasteiger partial charge in [-0.15, -0.1) is 46.4 Å². The standard InChI is InChI=1S/C16H22Cl4N2O/c1-13(23)14-10-15(21(6-2-17)7-3-18)12-16(11-14)22(8-4-19)9-5-20/h10-12H,2-9H2,1H3. The van der Waals surface area contributed by atoms with E-state index in [1.807, 2.05) is 18.2 Å².